The highest BCUT2D eigenvalue weighted by molar-refractivity contribution is 9.09. The maximum absolute atomic E-state index is 11.7. The van der Waals surface area contributed by atoms with Gasteiger partial charge in [0.05, 0.1) is 10.7 Å². The number of anilines is 1. The van der Waals surface area contributed by atoms with Gasteiger partial charge in [-0.1, -0.05) is 58.4 Å². The van der Waals surface area contributed by atoms with Crippen LogP contribution in [0.25, 0.3) is 0 Å². The Morgan fingerprint density at radius 2 is 1.79 bits per heavy atom. The van der Waals surface area contributed by atoms with Gasteiger partial charge in [-0.25, -0.2) is 0 Å². The van der Waals surface area contributed by atoms with Crippen molar-refractivity contribution < 1.29 is 4.79 Å². The third-order valence-corrected chi connectivity index (χ3v) is 3.85. The Bertz CT molecular complexity index is 412. The fraction of sp³-hybridized carbons (Fsp3) is 0.500. The maximum Gasteiger partial charge on any atom is 0.224 e. The lowest BCUT2D eigenvalue weighted by Gasteiger charge is -2.07. The molecule has 0 spiro atoms. The third-order valence-electron chi connectivity index (χ3n) is 2.74. The largest absolute Gasteiger partial charge is 0.325 e. The lowest BCUT2D eigenvalue weighted by Crippen LogP contribution is -2.11. The van der Waals surface area contributed by atoms with Crippen LogP contribution in [0, 0.1) is 0 Å². The summed E-state index contributed by atoms with van der Waals surface area (Å²) in [6.07, 6.45) is 6.14. The van der Waals surface area contributed by atoms with E-state index in [1.807, 2.05) is 0 Å². The highest BCUT2D eigenvalue weighted by atomic mass is 79.9. The molecule has 0 aliphatic carbocycles. The molecule has 1 amide bonds. The van der Waals surface area contributed by atoms with Gasteiger partial charge in [-0.15, -0.1) is 0 Å². The molecule has 0 saturated carbocycles. The van der Waals surface area contributed by atoms with Crippen molar-refractivity contribution in [2.45, 2.75) is 38.5 Å². The van der Waals surface area contributed by atoms with Gasteiger partial charge in [-0.05, 0) is 31.0 Å². The van der Waals surface area contributed by atoms with Gasteiger partial charge in [0.2, 0.25) is 5.91 Å². The van der Waals surface area contributed by atoms with Crippen molar-refractivity contribution in [3.8, 4) is 0 Å². The number of hydrogen-bond donors (Lipinski definition) is 1. The fourth-order valence-electron chi connectivity index (χ4n) is 1.71. The van der Waals surface area contributed by atoms with Crippen molar-refractivity contribution in [3.05, 3.63) is 28.2 Å². The monoisotopic (exact) mass is 365 g/mol. The smallest absolute Gasteiger partial charge is 0.224 e. The van der Waals surface area contributed by atoms with Crippen LogP contribution in [0.1, 0.15) is 38.5 Å². The molecule has 0 heterocycles. The van der Waals surface area contributed by atoms with E-state index in [1.54, 1.807) is 18.2 Å². The van der Waals surface area contributed by atoms with Gasteiger partial charge >= 0.3 is 0 Å². The van der Waals surface area contributed by atoms with Crippen LogP contribution in [0.5, 0.6) is 0 Å². The number of carbonyl (C=O) groups is 1. The van der Waals surface area contributed by atoms with Gasteiger partial charge in [-0.2, -0.15) is 0 Å². The van der Waals surface area contributed by atoms with Crippen LogP contribution in [0.2, 0.25) is 10.0 Å². The molecule has 19 heavy (non-hydrogen) atoms. The Kier molecular flexibility index (Phi) is 8.51. The molecule has 0 unspecified atom stereocenters. The molecule has 0 bridgehead atoms. The zero-order valence-corrected chi connectivity index (χ0v) is 13.8. The van der Waals surface area contributed by atoms with Crippen LogP contribution >= 0.6 is 39.1 Å². The summed E-state index contributed by atoms with van der Waals surface area (Å²) in [5, 5.41) is 4.90. The second-order valence-corrected chi connectivity index (χ2v) is 6.02. The minimum Gasteiger partial charge on any atom is -0.325 e. The summed E-state index contributed by atoms with van der Waals surface area (Å²) in [4.78, 5) is 11.7. The number of halogens is 3. The van der Waals surface area contributed by atoms with Crippen LogP contribution in [-0.4, -0.2) is 11.2 Å². The van der Waals surface area contributed by atoms with Crippen molar-refractivity contribution in [2.24, 2.45) is 0 Å². The zero-order valence-electron chi connectivity index (χ0n) is 10.7. The Balaban J connectivity index is 2.23. The first kappa shape index (κ1) is 16.8. The summed E-state index contributed by atoms with van der Waals surface area (Å²) >= 11 is 15.2. The van der Waals surface area contributed by atoms with Gasteiger partial charge in [-0.3, -0.25) is 4.79 Å². The topological polar surface area (TPSA) is 29.1 Å². The molecule has 0 aromatic heterocycles. The molecule has 0 saturated heterocycles. The van der Waals surface area contributed by atoms with Crippen LogP contribution in [0.4, 0.5) is 5.69 Å². The molecule has 106 valence electrons. The van der Waals surface area contributed by atoms with Gasteiger partial charge in [0, 0.05) is 16.8 Å². The Morgan fingerprint density at radius 1 is 1.11 bits per heavy atom. The van der Waals surface area contributed by atoms with E-state index < -0.39 is 0 Å². The number of carbonyl (C=O) groups excluding carboxylic acids is 1. The fourth-order valence-corrected chi connectivity index (χ4v) is 2.57. The van der Waals surface area contributed by atoms with E-state index in [-0.39, 0.29) is 5.91 Å². The van der Waals surface area contributed by atoms with E-state index in [9.17, 15) is 4.79 Å². The SMILES string of the molecule is O=C(CCCCCCCBr)Nc1ccc(Cl)cc1Cl. The van der Waals surface area contributed by atoms with Crippen molar-refractivity contribution in [3.63, 3.8) is 0 Å². The number of nitrogens with one attached hydrogen (secondary N) is 1. The molecular weight excluding hydrogens is 349 g/mol. The predicted molar refractivity (Wildman–Crippen MR) is 86.6 cm³/mol. The second-order valence-electron chi connectivity index (χ2n) is 4.38. The minimum absolute atomic E-state index is 0.00436. The molecule has 0 fully saturated rings. The molecule has 1 rings (SSSR count). The molecule has 0 atom stereocenters. The van der Waals surface area contributed by atoms with Gasteiger partial charge in [0.15, 0.2) is 0 Å². The molecular formula is C14H18BrCl2NO. The normalized spacial score (nSPS) is 10.5. The average molecular weight is 367 g/mol. The Morgan fingerprint density at radius 3 is 2.47 bits per heavy atom. The van der Waals surface area contributed by atoms with Crippen molar-refractivity contribution in [1.82, 2.24) is 0 Å². The summed E-state index contributed by atoms with van der Waals surface area (Å²) < 4.78 is 0. The Hall–Kier alpha value is -0.250. The molecule has 1 aromatic carbocycles. The predicted octanol–water partition coefficient (Wildman–Crippen LogP) is 5.67. The maximum atomic E-state index is 11.7. The van der Waals surface area contributed by atoms with Gasteiger partial charge < -0.3 is 5.32 Å². The summed E-state index contributed by atoms with van der Waals surface area (Å²) in [5.41, 5.74) is 0.621. The molecule has 1 aromatic rings. The van der Waals surface area contributed by atoms with E-state index in [1.165, 1.54) is 19.3 Å². The minimum atomic E-state index is 0.00436. The zero-order chi connectivity index (χ0) is 14.1. The molecule has 0 radical (unpaired) electrons. The van der Waals surface area contributed by atoms with Crippen molar-refractivity contribution in [1.29, 1.82) is 0 Å². The lowest BCUT2D eigenvalue weighted by atomic mass is 10.1. The van der Waals surface area contributed by atoms with Gasteiger partial charge in [0.1, 0.15) is 0 Å². The first-order chi connectivity index (χ1) is 9.13. The van der Waals surface area contributed by atoms with Crippen molar-refractivity contribution in [2.75, 3.05) is 10.6 Å². The highest BCUT2D eigenvalue weighted by Crippen LogP contribution is 2.25. The van der Waals surface area contributed by atoms with E-state index in [0.29, 0.717) is 22.2 Å². The van der Waals surface area contributed by atoms with Crippen LogP contribution in [0.15, 0.2) is 18.2 Å². The average Bonchev–Trinajstić information content (AvgIpc) is 2.37. The van der Waals surface area contributed by atoms with E-state index in [0.717, 1.165) is 18.2 Å². The van der Waals surface area contributed by atoms with Crippen LogP contribution in [-0.2, 0) is 4.79 Å². The Labute approximate surface area is 133 Å². The molecule has 5 heteroatoms. The number of alkyl halides is 1. The second kappa shape index (κ2) is 9.62. The lowest BCUT2D eigenvalue weighted by molar-refractivity contribution is -0.116. The molecule has 1 N–H and O–H groups in total. The number of amides is 1. The molecule has 2 nitrogen and oxygen atoms in total. The van der Waals surface area contributed by atoms with Crippen molar-refractivity contribution >= 4 is 50.7 Å². The number of hydrogen-bond acceptors (Lipinski definition) is 1. The molecule has 0 aliphatic heterocycles. The summed E-state index contributed by atoms with van der Waals surface area (Å²) in [7, 11) is 0. The third kappa shape index (κ3) is 7.19. The number of rotatable bonds is 8. The number of unbranched alkanes of at least 4 members (excludes halogenated alkanes) is 4. The van der Waals surface area contributed by atoms with Crippen LogP contribution in [0.3, 0.4) is 0 Å². The quantitative estimate of drug-likeness (QED) is 0.466. The molecule has 0 aliphatic rings. The van der Waals surface area contributed by atoms with E-state index >= 15 is 0 Å². The summed E-state index contributed by atoms with van der Waals surface area (Å²) in [5.74, 6) is 0.00436. The summed E-state index contributed by atoms with van der Waals surface area (Å²) in [6.45, 7) is 0. The number of benzene rings is 1. The standard InChI is InChI=1S/C14H18BrCl2NO/c15-9-5-3-1-2-4-6-14(19)18-13-8-7-11(16)10-12(13)17/h7-8,10H,1-6,9H2,(H,18,19). The van der Waals surface area contributed by atoms with Crippen LogP contribution < -0.4 is 5.32 Å². The van der Waals surface area contributed by atoms with Gasteiger partial charge in [0.25, 0.3) is 0 Å². The summed E-state index contributed by atoms with van der Waals surface area (Å²) in [6, 6.07) is 5.06. The first-order valence-electron chi connectivity index (χ1n) is 6.44. The first-order valence-corrected chi connectivity index (χ1v) is 8.32. The van der Waals surface area contributed by atoms with E-state index in [2.05, 4.69) is 21.2 Å². The van der Waals surface area contributed by atoms with E-state index in [4.69, 9.17) is 23.2 Å². The highest BCUT2D eigenvalue weighted by Gasteiger charge is 2.06.